The van der Waals surface area contributed by atoms with Crippen molar-refractivity contribution >= 4 is 24.7 Å². The number of rotatable bonds is 2. The Morgan fingerprint density at radius 1 is 2.00 bits per heavy atom. The summed E-state index contributed by atoms with van der Waals surface area (Å²) in [7, 11) is 1.63. The molecule has 0 aliphatic rings. The van der Waals surface area contributed by atoms with Gasteiger partial charge in [0.2, 0.25) is 0 Å². The third-order valence-electron chi connectivity index (χ3n) is 0.171. The van der Waals surface area contributed by atoms with Gasteiger partial charge in [0.25, 0.3) is 0 Å². The van der Waals surface area contributed by atoms with Crippen LogP contribution in [-0.4, -0.2) is 12.2 Å². The van der Waals surface area contributed by atoms with Gasteiger partial charge < -0.3 is 4.18 Å². The van der Waals surface area contributed by atoms with Crippen LogP contribution < -0.4 is 0 Å². The molecule has 3 heteroatoms. The van der Waals surface area contributed by atoms with E-state index in [4.69, 9.17) is 0 Å². The van der Waals surface area contributed by atoms with Crippen molar-refractivity contribution in [1.82, 2.24) is 0 Å². The van der Waals surface area contributed by atoms with E-state index >= 15 is 0 Å². The Hall–Kier alpha value is 0.660. The van der Waals surface area contributed by atoms with E-state index in [0.717, 1.165) is 5.08 Å². The monoisotopic (exact) mass is 110 g/mol. The smallest absolute Gasteiger partial charge is 0.0625 e. The lowest BCUT2D eigenvalue weighted by atomic mass is 11.8. The summed E-state index contributed by atoms with van der Waals surface area (Å²) in [5, 5.41) is 0.733. The molecule has 0 atom stereocenters. The third kappa shape index (κ3) is 4.66. The highest BCUT2D eigenvalue weighted by Gasteiger charge is 1.67. The van der Waals surface area contributed by atoms with Crippen molar-refractivity contribution in [3.63, 3.8) is 0 Å². The Kier molecular flexibility index (Phi) is 5.28. The van der Waals surface area contributed by atoms with E-state index in [1.54, 1.807) is 7.11 Å². The summed E-state index contributed by atoms with van der Waals surface area (Å²) in [4.78, 5) is 0. The van der Waals surface area contributed by atoms with Crippen LogP contribution in [-0.2, 0) is 4.18 Å². The normalized spacial score (nSPS) is 8.40. The second kappa shape index (κ2) is 4.66. The fourth-order valence-electron chi connectivity index (χ4n) is 0.0527. The Bertz CT molecular complexity index is 15.1. The molecule has 0 saturated carbocycles. The number of hydrogen-bond acceptors (Lipinski definition) is 3. The lowest BCUT2D eigenvalue weighted by molar-refractivity contribution is 0.492. The van der Waals surface area contributed by atoms with Gasteiger partial charge in [-0.2, -0.15) is 12.6 Å². The van der Waals surface area contributed by atoms with Gasteiger partial charge in [0.05, 0.1) is 12.2 Å². The number of thiol groups is 1. The molecule has 0 saturated heterocycles. The van der Waals surface area contributed by atoms with Gasteiger partial charge in [-0.15, -0.1) is 0 Å². The van der Waals surface area contributed by atoms with Crippen molar-refractivity contribution in [3.05, 3.63) is 0 Å². The maximum Gasteiger partial charge on any atom is 0.0625 e. The van der Waals surface area contributed by atoms with Crippen LogP contribution in [0.4, 0.5) is 0 Å². The van der Waals surface area contributed by atoms with Gasteiger partial charge in [0.1, 0.15) is 0 Å². The highest BCUT2D eigenvalue weighted by Crippen LogP contribution is 1.98. The van der Waals surface area contributed by atoms with Gasteiger partial charge in [0, 0.05) is 12.0 Å². The predicted molar refractivity (Wildman–Crippen MR) is 28.5 cm³/mol. The molecule has 0 aliphatic carbocycles. The quantitative estimate of drug-likeness (QED) is 0.324. The van der Waals surface area contributed by atoms with E-state index in [1.807, 2.05) is 0 Å². The molecule has 0 spiro atoms. The van der Waals surface area contributed by atoms with E-state index in [1.165, 1.54) is 12.0 Å². The minimum Gasteiger partial charge on any atom is -0.318 e. The van der Waals surface area contributed by atoms with E-state index < -0.39 is 0 Å². The molecule has 0 aromatic heterocycles. The van der Waals surface area contributed by atoms with Crippen LogP contribution in [0.2, 0.25) is 0 Å². The predicted octanol–water partition coefficient (Wildman–Crippen LogP) is 1.17. The Morgan fingerprint density at radius 3 is 2.60 bits per heavy atom. The second-order valence-corrected chi connectivity index (χ2v) is 2.02. The molecule has 0 amide bonds. The van der Waals surface area contributed by atoms with Crippen molar-refractivity contribution in [1.29, 1.82) is 0 Å². The van der Waals surface area contributed by atoms with Crippen molar-refractivity contribution in [2.45, 2.75) is 0 Å². The van der Waals surface area contributed by atoms with Crippen molar-refractivity contribution in [2.75, 3.05) is 12.2 Å². The lowest BCUT2D eigenvalue weighted by Gasteiger charge is -1.82. The SMILES string of the molecule is COSCS. The molecule has 0 radical (unpaired) electrons. The average Bonchev–Trinajstić information content (AvgIpc) is 1.41. The minimum atomic E-state index is 0.733. The zero-order valence-corrected chi connectivity index (χ0v) is 4.68. The maximum absolute atomic E-state index is 4.53. The largest absolute Gasteiger partial charge is 0.318 e. The summed E-state index contributed by atoms with van der Waals surface area (Å²) < 4.78 is 4.53. The third-order valence-corrected chi connectivity index (χ3v) is 0.828. The van der Waals surface area contributed by atoms with Gasteiger partial charge in [-0.3, -0.25) is 0 Å². The first-order chi connectivity index (χ1) is 2.41. The molecule has 5 heavy (non-hydrogen) atoms. The second-order valence-electron chi connectivity index (χ2n) is 0.414. The molecule has 0 unspecified atom stereocenters. The van der Waals surface area contributed by atoms with Crippen LogP contribution in [0.25, 0.3) is 0 Å². The summed E-state index contributed by atoms with van der Waals surface area (Å²) in [6.07, 6.45) is 0. The molecule has 0 aromatic rings. The number of hydrogen-bond donors (Lipinski definition) is 1. The molecule has 0 aliphatic heterocycles. The van der Waals surface area contributed by atoms with Gasteiger partial charge in [-0.05, 0) is 0 Å². The zero-order chi connectivity index (χ0) is 4.12. The minimum absolute atomic E-state index is 0.733. The highest BCUT2D eigenvalue weighted by molar-refractivity contribution is 8.06. The van der Waals surface area contributed by atoms with Crippen LogP contribution in [0, 0.1) is 0 Å². The van der Waals surface area contributed by atoms with E-state index in [-0.39, 0.29) is 0 Å². The Labute approximate surface area is 41.7 Å². The first-order valence-electron chi connectivity index (χ1n) is 1.18. The molecule has 0 aromatic carbocycles. The summed E-state index contributed by atoms with van der Waals surface area (Å²) in [5.41, 5.74) is 0. The first kappa shape index (κ1) is 5.66. The molecule has 0 rings (SSSR count). The van der Waals surface area contributed by atoms with Crippen molar-refractivity contribution < 1.29 is 4.18 Å². The molecular weight excluding hydrogens is 104 g/mol. The van der Waals surface area contributed by atoms with Crippen LogP contribution in [0.3, 0.4) is 0 Å². The van der Waals surface area contributed by atoms with Crippen molar-refractivity contribution in [2.24, 2.45) is 0 Å². The van der Waals surface area contributed by atoms with Gasteiger partial charge in [-0.25, -0.2) is 0 Å². The summed E-state index contributed by atoms with van der Waals surface area (Å²) in [5.74, 6) is 0. The van der Waals surface area contributed by atoms with Gasteiger partial charge in [0.15, 0.2) is 0 Å². The fourth-order valence-corrected chi connectivity index (χ4v) is 0.474. The topological polar surface area (TPSA) is 9.23 Å². The molecular formula is C2H6OS2. The van der Waals surface area contributed by atoms with Crippen LogP contribution >= 0.6 is 24.7 Å². The molecule has 0 heterocycles. The van der Waals surface area contributed by atoms with E-state index in [9.17, 15) is 0 Å². The van der Waals surface area contributed by atoms with Crippen LogP contribution in [0.5, 0.6) is 0 Å². The van der Waals surface area contributed by atoms with Crippen molar-refractivity contribution in [3.8, 4) is 0 Å². The van der Waals surface area contributed by atoms with E-state index in [0.29, 0.717) is 0 Å². The molecule has 32 valence electrons. The van der Waals surface area contributed by atoms with E-state index in [2.05, 4.69) is 16.8 Å². The molecule has 0 fully saturated rings. The standard InChI is InChI=1S/C2H6OS2/c1-3-5-2-4/h4H,2H2,1H3. The molecule has 0 bridgehead atoms. The summed E-state index contributed by atoms with van der Waals surface area (Å²) in [6, 6.07) is 0. The Balaban J connectivity index is 2.19. The lowest BCUT2D eigenvalue weighted by Crippen LogP contribution is -1.61. The highest BCUT2D eigenvalue weighted by atomic mass is 32.2. The van der Waals surface area contributed by atoms with Gasteiger partial charge >= 0.3 is 0 Å². The summed E-state index contributed by atoms with van der Waals surface area (Å²) >= 11 is 5.17. The fraction of sp³-hybridized carbons (Fsp3) is 1.00. The van der Waals surface area contributed by atoms with Gasteiger partial charge in [-0.1, -0.05) is 0 Å². The maximum atomic E-state index is 4.53. The van der Waals surface area contributed by atoms with Crippen LogP contribution in [0.15, 0.2) is 0 Å². The summed E-state index contributed by atoms with van der Waals surface area (Å²) in [6.45, 7) is 0. The zero-order valence-electron chi connectivity index (χ0n) is 2.97. The first-order valence-corrected chi connectivity index (χ1v) is 2.72. The van der Waals surface area contributed by atoms with Crippen LogP contribution in [0.1, 0.15) is 0 Å². The Morgan fingerprint density at radius 2 is 2.60 bits per heavy atom. The molecule has 1 nitrogen and oxygen atoms in total. The average molecular weight is 110 g/mol. The molecule has 0 N–H and O–H groups in total.